The Morgan fingerprint density at radius 2 is 1.74 bits per heavy atom. The third kappa shape index (κ3) is 4.94. The van der Waals surface area contributed by atoms with Crippen LogP contribution in [0.5, 0.6) is 0 Å². The van der Waals surface area contributed by atoms with E-state index in [9.17, 15) is 19.2 Å². The summed E-state index contributed by atoms with van der Waals surface area (Å²) in [7, 11) is 0. The van der Waals surface area contributed by atoms with Crippen molar-refractivity contribution in [1.82, 2.24) is 4.90 Å². The van der Waals surface area contributed by atoms with Gasteiger partial charge in [0.25, 0.3) is 17.7 Å². The van der Waals surface area contributed by atoms with Gasteiger partial charge in [0.15, 0.2) is 6.61 Å². The Bertz CT molecular complexity index is 1000. The number of benzene rings is 2. The lowest BCUT2D eigenvalue weighted by molar-refractivity contribution is -0.151. The molecule has 7 nitrogen and oxygen atoms in total. The van der Waals surface area contributed by atoms with E-state index in [1.54, 1.807) is 42.5 Å². The van der Waals surface area contributed by atoms with Gasteiger partial charge in [-0.15, -0.1) is 0 Å². The minimum Gasteiger partial charge on any atom is -0.454 e. The van der Waals surface area contributed by atoms with Crippen LogP contribution in [0.1, 0.15) is 52.5 Å². The fourth-order valence-electron chi connectivity index (χ4n) is 3.34. The van der Waals surface area contributed by atoms with Crippen LogP contribution in [0.2, 0.25) is 5.02 Å². The smallest absolute Gasteiger partial charge is 0.329 e. The first-order valence-electron chi connectivity index (χ1n) is 10.0. The van der Waals surface area contributed by atoms with E-state index >= 15 is 0 Å². The van der Waals surface area contributed by atoms with Crippen molar-refractivity contribution in [2.45, 2.75) is 39.2 Å². The van der Waals surface area contributed by atoms with Crippen molar-refractivity contribution in [2.24, 2.45) is 0 Å². The average Bonchev–Trinajstić information content (AvgIpc) is 3.00. The predicted octanol–water partition coefficient (Wildman–Crippen LogP) is 3.99. The van der Waals surface area contributed by atoms with E-state index in [0.717, 1.165) is 16.9 Å². The monoisotopic (exact) mass is 442 g/mol. The number of amides is 3. The highest BCUT2D eigenvalue weighted by molar-refractivity contribution is 6.31. The van der Waals surface area contributed by atoms with Crippen LogP contribution in [0.25, 0.3) is 0 Å². The summed E-state index contributed by atoms with van der Waals surface area (Å²) in [5.41, 5.74) is 1.86. The van der Waals surface area contributed by atoms with Crippen LogP contribution in [-0.2, 0) is 14.3 Å². The minimum atomic E-state index is -1.09. The number of carbonyl (C=O) groups is 4. The van der Waals surface area contributed by atoms with Crippen molar-refractivity contribution in [3.05, 3.63) is 64.2 Å². The Morgan fingerprint density at radius 3 is 2.32 bits per heavy atom. The number of aryl methyl sites for hydroxylation is 1. The zero-order valence-electron chi connectivity index (χ0n) is 17.3. The normalized spacial score (nSPS) is 13.7. The third-order valence-corrected chi connectivity index (χ3v) is 5.45. The summed E-state index contributed by atoms with van der Waals surface area (Å²) in [6.07, 6.45) is 1.64. The maximum atomic E-state index is 12.8. The van der Waals surface area contributed by atoms with Gasteiger partial charge >= 0.3 is 5.97 Å². The molecule has 2 aromatic rings. The fraction of sp³-hybridized carbons (Fsp3) is 0.304. The molecule has 0 saturated carbocycles. The molecular weight excluding hydrogens is 420 g/mol. The highest BCUT2D eigenvalue weighted by Crippen LogP contribution is 2.27. The Balaban J connectivity index is 1.68. The number of fused-ring (bicyclic) bond motifs is 1. The summed E-state index contributed by atoms with van der Waals surface area (Å²) in [5.74, 6) is -2.40. The van der Waals surface area contributed by atoms with Crippen molar-refractivity contribution in [2.75, 3.05) is 11.9 Å². The molecule has 0 aromatic heterocycles. The maximum Gasteiger partial charge on any atom is 0.329 e. The molecule has 0 unspecified atom stereocenters. The summed E-state index contributed by atoms with van der Waals surface area (Å²) in [6, 6.07) is 10.4. The van der Waals surface area contributed by atoms with E-state index in [-0.39, 0.29) is 17.5 Å². The molecule has 3 amide bonds. The average molecular weight is 443 g/mol. The maximum absolute atomic E-state index is 12.8. The fourth-order valence-corrected chi connectivity index (χ4v) is 3.52. The van der Waals surface area contributed by atoms with E-state index in [1.807, 2.05) is 13.8 Å². The van der Waals surface area contributed by atoms with E-state index in [2.05, 4.69) is 5.32 Å². The predicted molar refractivity (Wildman–Crippen MR) is 116 cm³/mol. The van der Waals surface area contributed by atoms with E-state index < -0.39 is 36.3 Å². The topological polar surface area (TPSA) is 92.8 Å². The number of anilines is 1. The lowest BCUT2D eigenvalue weighted by Crippen LogP contribution is -2.46. The van der Waals surface area contributed by atoms with Gasteiger partial charge < -0.3 is 10.1 Å². The number of unbranched alkanes of at least 4 members (excludes halogenated alkanes) is 1. The lowest BCUT2D eigenvalue weighted by atomic mass is 10.1. The van der Waals surface area contributed by atoms with Crippen LogP contribution in [-0.4, -0.2) is 41.2 Å². The van der Waals surface area contributed by atoms with Crippen molar-refractivity contribution >= 4 is 41.0 Å². The molecule has 2 aromatic carbocycles. The molecular formula is C23H23ClN2O5. The van der Waals surface area contributed by atoms with E-state index in [0.29, 0.717) is 17.1 Å². The molecule has 0 fully saturated rings. The molecule has 0 radical (unpaired) electrons. The quantitative estimate of drug-likeness (QED) is 0.493. The lowest BCUT2D eigenvalue weighted by Gasteiger charge is -2.24. The van der Waals surface area contributed by atoms with Gasteiger partial charge in [-0.1, -0.05) is 49.6 Å². The van der Waals surface area contributed by atoms with Crippen LogP contribution in [0.3, 0.4) is 0 Å². The molecule has 1 heterocycles. The molecule has 0 aliphatic carbocycles. The Morgan fingerprint density at radius 1 is 1.10 bits per heavy atom. The zero-order chi connectivity index (χ0) is 22.5. The molecule has 1 N–H and O–H groups in total. The first kappa shape index (κ1) is 22.5. The summed E-state index contributed by atoms with van der Waals surface area (Å²) >= 11 is 6.05. The third-order valence-electron chi connectivity index (χ3n) is 5.04. The van der Waals surface area contributed by atoms with Crippen LogP contribution in [0, 0.1) is 6.92 Å². The number of hydrogen-bond acceptors (Lipinski definition) is 5. The van der Waals surface area contributed by atoms with Crippen molar-refractivity contribution in [3.63, 3.8) is 0 Å². The summed E-state index contributed by atoms with van der Waals surface area (Å²) < 4.78 is 5.17. The second-order valence-electron chi connectivity index (χ2n) is 7.30. The Kier molecular flexibility index (Phi) is 7.07. The summed E-state index contributed by atoms with van der Waals surface area (Å²) in [6.45, 7) is 3.23. The van der Waals surface area contributed by atoms with Crippen LogP contribution < -0.4 is 5.32 Å². The SMILES string of the molecule is CCCC[C@@H](C(=O)OCC(=O)Nc1ccc(C)c(Cl)c1)N1C(=O)c2ccccc2C1=O. The van der Waals surface area contributed by atoms with Gasteiger partial charge in [0.05, 0.1) is 11.1 Å². The van der Waals surface area contributed by atoms with Gasteiger partial charge in [0.2, 0.25) is 0 Å². The molecule has 31 heavy (non-hydrogen) atoms. The first-order valence-corrected chi connectivity index (χ1v) is 10.4. The Hall–Kier alpha value is -3.19. The molecule has 162 valence electrons. The molecule has 0 saturated heterocycles. The number of nitrogens with zero attached hydrogens (tertiary/aromatic N) is 1. The molecule has 0 spiro atoms. The van der Waals surface area contributed by atoms with Crippen molar-refractivity contribution in [1.29, 1.82) is 0 Å². The second kappa shape index (κ2) is 9.75. The number of halogens is 1. The van der Waals surface area contributed by atoms with E-state index in [4.69, 9.17) is 16.3 Å². The highest BCUT2D eigenvalue weighted by atomic mass is 35.5. The number of nitrogens with one attached hydrogen (secondary N) is 1. The number of esters is 1. The van der Waals surface area contributed by atoms with Gasteiger partial charge in [-0.2, -0.15) is 0 Å². The van der Waals surface area contributed by atoms with Gasteiger partial charge in [-0.3, -0.25) is 19.3 Å². The molecule has 0 bridgehead atoms. The van der Waals surface area contributed by atoms with Crippen LogP contribution in [0.15, 0.2) is 42.5 Å². The minimum absolute atomic E-state index is 0.260. The summed E-state index contributed by atoms with van der Waals surface area (Å²) in [5, 5.41) is 3.10. The number of hydrogen-bond donors (Lipinski definition) is 1. The molecule has 8 heteroatoms. The number of rotatable bonds is 8. The summed E-state index contributed by atoms with van der Waals surface area (Å²) in [4.78, 5) is 51.4. The van der Waals surface area contributed by atoms with Gasteiger partial charge in [0.1, 0.15) is 6.04 Å². The highest BCUT2D eigenvalue weighted by Gasteiger charge is 2.43. The van der Waals surface area contributed by atoms with Gasteiger partial charge in [0, 0.05) is 10.7 Å². The van der Waals surface area contributed by atoms with Crippen molar-refractivity contribution < 1.29 is 23.9 Å². The molecule has 1 aliphatic rings. The molecule has 1 atom stereocenters. The second-order valence-corrected chi connectivity index (χ2v) is 7.71. The van der Waals surface area contributed by atoms with Gasteiger partial charge in [-0.05, 0) is 43.2 Å². The Labute approximate surface area is 185 Å². The van der Waals surface area contributed by atoms with Crippen molar-refractivity contribution in [3.8, 4) is 0 Å². The zero-order valence-corrected chi connectivity index (χ0v) is 18.1. The largest absolute Gasteiger partial charge is 0.454 e. The van der Waals surface area contributed by atoms with Crippen LogP contribution in [0.4, 0.5) is 5.69 Å². The van der Waals surface area contributed by atoms with Crippen LogP contribution >= 0.6 is 11.6 Å². The number of carbonyl (C=O) groups excluding carboxylic acids is 4. The van der Waals surface area contributed by atoms with E-state index in [1.165, 1.54) is 0 Å². The van der Waals surface area contributed by atoms with Gasteiger partial charge in [-0.25, -0.2) is 4.79 Å². The first-order chi connectivity index (χ1) is 14.8. The molecule has 1 aliphatic heterocycles. The number of ether oxygens (including phenoxy) is 1. The standard InChI is InChI=1S/C23H23ClN2O5/c1-3-4-9-19(26-21(28)16-7-5-6-8-17(16)22(26)29)23(30)31-13-20(27)25-15-11-10-14(2)18(24)12-15/h5-8,10-12,19H,3-4,9,13H2,1-2H3,(H,25,27)/t19-/m0/s1. The molecule has 3 rings (SSSR count). The number of imide groups is 1.